The molecule has 30 heavy (non-hydrogen) atoms. The summed E-state index contributed by atoms with van der Waals surface area (Å²) in [6, 6.07) is 9.35. The summed E-state index contributed by atoms with van der Waals surface area (Å²) in [7, 11) is 3.44. The number of nitrogens with one attached hydrogen (secondary N) is 2. The van der Waals surface area contributed by atoms with Gasteiger partial charge in [-0.05, 0) is 32.0 Å². The molecule has 4 rings (SSSR count). The lowest BCUT2D eigenvalue weighted by atomic mass is 10.1. The molecule has 0 fully saturated rings. The van der Waals surface area contributed by atoms with Gasteiger partial charge in [0.2, 0.25) is 0 Å². The van der Waals surface area contributed by atoms with E-state index in [0.717, 1.165) is 16.9 Å². The van der Waals surface area contributed by atoms with Crippen molar-refractivity contribution in [2.45, 2.75) is 13.8 Å². The molecule has 10 nitrogen and oxygen atoms in total. The van der Waals surface area contributed by atoms with E-state index in [9.17, 15) is 0 Å². The second-order valence-corrected chi connectivity index (χ2v) is 6.64. The van der Waals surface area contributed by atoms with E-state index in [4.69, 9.17) is 4.74 Å². The third-order valence-corrected chi connectivity index (χ3v) is 4.21. The smallest absolute Gasteiger partial charge is 0.181 e. The zero-order valence-electron chi connectivity index (χ0n) is 17.1. The van der Waals surface area contributed by atoms with Crippen LogP contribution in [0.2, 0.25) is 0 Å². The highest BCUT2D eigenvalue weighted by Gasteiger charge is 2.10. The summed E-state index contributed by atoms with van der Waals surface area (Å²) >= 11 is 0. The Morgan fingerprint density at radius 1 is 0.900 bits per heavy atom. The van der Waals surface area contributed by atoms with E-state index in [2.05, 4.69) is 40.7 Å². The van der Waals surface area contributed by atoms with E-state index >= 15 is 0 Å². The molecule has 0 saturated carbocycles. The number of hydrogen-bond donors (Lipinski definition) is 2. The van der Waals surface area contributed by atoms with Gasteiger partial charge in [-0.15, -0.1) is 0 Å². The number of methoxy groups -OCH3 is 1. The van der Waals surface area contributed by atoms with Crippen molar-refractivity contribution in [2.24, 2.45) is 7.05 Å². The van der Waals surface area contributed by atoms with Crippen molar-refractivity contribution in [3.8, 4) is 17.1 Å². The summed E-state index contributed by atoms with van der Waals surface area (Å²) in [5, 5.41) is 10.8. The standard InChI is InChI=1S/C20H21N9O/c1-12-7-19(25-13(2)24-12)27-18-9-17(21-10-22-18)26-15-6-5-14(8-16(15)30-4)20-23-11-29(3)28-20/h5-11H,1-4H3,(H2,21,22,24,25,26,27). The fourth-order valence-electron chi connectivity index (χ4n) is 2.95. The van der Waals surface area contributed by atoms with Crippen molar-refractivity contribution >= 4 is 23.1 Å². The van der Waals surface area contributed by atoms with Crippen LogP contribution in [0.4, 0.5) is 23.1 Å². The highest BCUT2D eigenvalue weighted by Crippen LogP contribution is 2.31. The number of benzene rings is 1. The van der Waals surface area contributed by atoms with Crippen LogP contribution < -0.4 is 15.4 Å². The Hall–Kier alpha value is -4.08. The molecule has 0 unspecified atom stereocenters. The van der Waals surface area contributed by atoms with Crippen molar-refractivity contribution in [2.75, 3.05) is 17.7 Å². The summed E-state index contributed by atoms with van der Waals surface area (Å²) < 4.78 is 7.19. The number of aromatic nitrogens is 7. The van der Waals surface area contributed by atoms with Crippen LogP contribution in [0.15, 0.2) is 43.0 Å². The summed E-state index contributed by atoms with van der Waals surface area (Å²) in [6.45, 7) is 3.77. The van der Waals surface area contributed by atoms with Gasteiger partial charge in [-0.25, -0.2) is 24.9 Å². The van der Waals surface area contributed by atoms with Crippen LogP contribution in [0.5, 0.6) is 5.75 Å². The summed E-state index contributed by atoms with van der Waals surface area (Å²) in [5.41, 5.74) is 2.50. The van der Waals surface area contributed by atoms with Gasteiger partial charge in [-0.3, -0.25) is 4.68 Å². The number of ether oxygens (including phenoxy) is 1. The molecule has 0 aliphatic heterocycles. The van der Waals surface area contributed by atoms with E-state index in [-0.39, 0.29) is 0 Å². The molecule has 152 valence electrons. The van der Waals surface area contributed by atoms with Crippen LogP contribution in [0, 0.1) is 13.8 Å². The number of aryl methyl sites for hydroxylation is 3. The maximum Gasteiger partial charge on any atom is 0.181 e. The molecule has 0 saturated heterocycles. The van der Waals surface area contributed by atoms with Crippen LogP contribution in [0.1, 0.15) is 11.5 Å². The number of hydrogen-bond acceptors (Lipinski definition) is 9. The molecule has 0 radical (unpaired) electrons. The lowest BCUT2D eigenvalue weighted by Crippen LogP contribution is -2.02. The molecule has 0 aliphatic carbocycles. The van der Waals surface area contributed by atoms with Gasteiger partial charge in [-0.1, -0.05) is 0 Å². The maximum absolute atomic E-state index is 5.54. The lowest BCUT2D eigenvalue weighted by molar-refractivity contribution is 0.417. The maximum atomic E-state index is 5.54. The Kier molecular flexibility index (Phi) is 5.21. The van der Waals surface area contributed by atoms with Crippen LogP contribution in [0.25, 0.3) is 11.4 Å². The molecule has 0 amide bonds. The van der Waals surface area contributed by atoms with Crippen molar-refractivity contribution < 1.29 is 4.74 Å². The fourth-order valence-corrected chi connectivity index (χ4v) is 2.95. The minimum absolute atomic E-state index is 0.608. The molecule has 0 bridgehead atoms. The van der Waals surface area contributed by atoms with Gasteiger partial charge in [0, 0.05) is 30.4 Å². The predicted octanol–water partition coefficient (Wildman–Crippen LogP) is 3.17. The number of rotatable bonds is 6. The first-order valence-electron chi connectivity index (χ1n) is 9.22. The van der Waals surface area contributed by atoms with Crippen molar-refractivity contribution in [1.29, 1.82) is 0 Å². The molecule has 0 aliphatic rings. The van der Waals surface area contributed by atoms with E-state index in [1.807, 2.05) is 45.2 Å². The van der Waals surface area contributed by atoms with E-state index < -0.39 is 0 Å². The Bertz CT molecular complexity index is 1170. The van der Waals surface area contributed by atoms with Gasteiger partial charge in [-0.2, -0.15) is 5.10 Å². The van der Waals surface area contributed by atoms with Gasteiger partial charge in [0.05, 0.1) is 12.8 Å². The lowest BCUT2D eigenvalue weighted by Gasteiger charge is -2.12. The molecule has 10 heteroatoms. The Labute approximate surface area is 173 Å². The number of nitrogens with zero attached hydrogens (tertiary/aromatic N) is 7. The third kappa shape index (κ3) is 4.32. The first-order chi connectivity index (χ1) is 14.5. The molecule has 1 aromatic carbocycles. The summed E-state index contributed by atoms with van der Waals surface area (Å²) in [5.74, 6) is 3.86. The molecule has 3 heterocycles. The minimum Gasteiger partial charge on any atom is -0.495 e. The van der Waals surface area contributed by atoms with Crippen molar-refractivity contribution in [3.63, 3.8) is 0 Å². The molecule has 0 spiro atoms. The minimum atomic E-state index is 0.608. The topological polar surface area (TPSA) is 116 Å². The van der Waals surface area contributed by atoms with Gasteiger partial charge in [0.25, 0.3) is 0 Å². The monoisotopic (exact) mass is 403 g/mol. The highest BCUT2D eigenvalue weighted by atomic mass is 16.5. The van der Waals surface area contributed by atoms with Crippen molar-refractivity contribution in [3.05, 3.63) is 54.5 Å². The highest BCUT2D eigenvalue weighted by molar-refractivity contribution is 5.71. The molecule has 4 aromatic rings. The molecular weight excluding hydrogens is 382 g/mol. The molecular formula is C20H21N9O. The fraction of sp³-hybridized carbons (Fsp3) is 0.200. The Balaban J connectivity index is 1.56. The van der Waals surface area contributed by atoms with Crippen LogP contribution in [0.3, 0.4) is 0 Å². The van der Waals surface area contributed by atoms with Crippen LogP contribution in [-0.4, -0.2) is 41.8 Å². The SMILES string of the molecule is COc1cc(-c2ncn(C)n2)ccc1Nc1cc(Nc2cc(C)nc(C)n2)ncn1. The second-order valence-electron chi connectivity index (χ2n) is 6.64. The average molecular weight is 403 g/mol. The second kappa shape index (κ2) is 8.11. The first kappa shape index (κ1) is 19.2. The van der Waals surface area contributed by atoms with Crippen molar-refractivity contribution in [1.82, 2.24) is 34.7 Å². The zero-order valence-corrected chi connectivity index (χ0v) is 17.1. The zero-order chi connectivity index (χ0) is 21.1. The third-order valence-electron chi connectivity index (χ3n) is 4.21. The van der Waals surface area contributed by atoms with E-state index in [0.29, 0.717) is 34.9 Å². The van der Waals surface area contributed by atoms with Gasteiger partial charge in [0.15, 0.2) is 5.82 Å². The Morgan fingerprint density at radius 2 is 1.70 bits per heavy atom. The largest absolute Gasteiger partial charge is 0.495 e. The molecule has 0 atom stereocenters. The number of anilines is 4. The van der Waals surface area contributed by atoms with E-state index in [1.165, 1.54) is 6.33 Å². The van der Waals surface area contributed by atoms with Gasteiger partial charge >= 0.3 is 0 Å². The normalized spacial score (nSPS) is 10.7. The van der Waals surface area contributed by atoms with Gasteiger partial charge < -0.3 is 15.4 Å². The van der Waals surface area contributed by atoms with Crippen LogP contribution >= 0.6 is 0 Å². The molecule has 2 N–H and O–H groups in total. The van der Waals surface area contributed by atoms with Crippen LogP contribution in [-0.2, 0) is 7.05 Å². The average Bonchev–Trinajstić information content (AvgIpc) is 3.14. The molecule has 3 aromatic heterocycles. The first-order valence-corrected chi connectivity index (χ1v) is 9.22. The summed E-state index contributed by atoms with van der Waals surface area (Å²) in [6.07, 6.45) is 3.13. The van der Waals surface area contributed by atoms with Gasteiger partial charge in [0.1, 0.15) is 41.7 Å². The Morgan fingerprint density at radius 3 is 2.40 bits per heavy atom. The quantitative estimate of drug-likeness (QED) is 0.501. The van der Waals surface area contributed by atoms with E-state index in [1.54, 1.807) is 24.2 Å². The predicted molar refractivity (Wildman–Crippen MR) is 113 cm³/mol. The summed E-state index contributed by atoms with van der Waals surface area (Å²) in [4.78, 5) is 21.5.